The second kappa shape index (κ2) is 6.72. The van der Waals surface area contributed by atoms with E-state index in [4.69, 9.17) is 0 Å². The van der Waals surface area contributed by atoms with Crippen molar-refractivity contribution in [3.63, 3.8) is 0 Å². The number of hydrogen-bond donors (Lipinski definition) is 2. The molecule has 0 aromatic heterocycles. The van der Waals surface area contributed by atoms with Crippen LogP contribution in [0.1, 0.15) is 25.0 Å². The summed E-state index contributed by atoms with van der Waals surface area (Å²) >= 11 is 0. The van der Waals surface area contributed by atoms with E-state index in [2.05, 4.69) is 30.5 Å². The maximum atomic E-state index is 11.5. The molecule has 2 rings (SSSR count). The van der Waals surface area contributed by atoms with E-state index < -0.39 is 0 Å². The fourth-order valence-electron chi connectivity index (χ4n) is 2.47. The number of carbonyl (C=O) groups excluding carboxylic acids is 2. The van der Waals surface area contributed by atoms with Gasteiger partial charge >= 0.3 is 0 Å². The van der Waals surface area contributed by atoms with Gasteiger partial charge in [0.1, 0.15) is 0 Å². The number of piperazine rings is 1. The van der Waals surface area contributed by atoms with Crippen molar-refractivity contribution in [2.24, 2.45) is 5.92 Å². The molecule has 1 aliphatic rings. The number of nitrogens with one attached hydrogen (secondary N) is 2. The van der Waals surface area contributed by atoms with Crippen LogP contribution >= 0.6 is 0 Å². The van der Waals surface area contributed by atoms with Crippen LogP contribution in [0.5, 0.6) is 0 Å². The first-order valence-electron chi connectivity index (χ1n) is 7.33. The van der Waals surface area contributed by atoms with E-state index in [9.17, 15) is 9.59 Å². The molecular formula is C16H23N3O2. The second-order valence-corrected chi connectivity index (χ2v) is 5.98. The Labute approximate surface area is 125 Å². The normalized spacial score (nSPS) is 15.5. The largest absolute Gasteiger partial charge is 0.353 e. The van der Waals surface area contributed by atoms with Gasteiger partial charge in [-0.2, -0.15) is 0 Å². The minimum absolute atomic E-state index is 0.228. The zero-order chi connectivity index (χ0) is 15.4. The van der Waals surface area contributed by atoms with Crippen LogP contribution in [-0.4, -0.2) is 31.4 Å². The summed E-state index contributed by atoms with van der Waals surface area (Å²) in [4.78, 5) is 24.9. The van der Waals surface area contributed by atoms with Gasteiger partial charge in [0, 0.05) is 12.2 Å². The molecule has 0 atom stereocenters. The van der Waals surface area contributed by atoms with Gasteiger partial charge in [-0.15, -0.1) is 0 Å². The molecule has 1 aromatic rings. The van der Waals surface area contributed by atoms with Gasteiger partial charge in [-0.3, -0.25) is 14.9 Å². The zero-order valence-electron chi connectivity index (χ0n) is 12.9. The number of rotatable bonds is 5. The van der Waals surface area contributed by atoms with Crippen LogP contribution in [-0.2, 0) is 16.1 Å². The van der Waals surface area contributed by atoms with Gasteiger partial charge in [0.2, 0.25) is 11.8 Å². The van der Waals surface area contributed by atoms with Crippen LogP contribution in [0.15, 0.2) is 18.2 Å². The molecule has 1 aromatic carbocycles. The molecule has 1 saturated heterocycles. The van der Waals surface area contributed by atoms with Crippen LogP contribution < -0.4 is 15.5 Å². The number of amides is 2. The van der Waals surface area contributed by atoms with E-state index >= 15 is 0 Å². The van der Waals surface area contributed by atoms with Crippen molar-refractivity contribution in [3.05, 3.63) is 29.3 Å². The average molecular weight is 289 g/mol. The number of imide groups is 1. The highest BCUT2D eigenvalue weighted by Crippen LogP contribution is 2.22. The third kappa shape index (κ3) is 4.29. The van der Waals surface area contributed by atoms with E-state index in [-0.39, 0.29) is 24.9 Å². The first-order chi connectivity index (χ1) is 9.95. The van der Waals surface area contributed by atoms with Crippen molar-refractivity contribution < 1.29 is 9.59 Å². The molecule has 1 fully saturated rings. The molecule has 0 saturated carbocycles. The molecule has 5 heteroatoms. The van der Waals surface area contributed by atoms with Crippen LogP contribution in [0.3, 0.4) is 0 Å². The number of carbonyl (C=O) groups is 2. The fraction of sp³-hybridized carbons (Fsp3) is 0.500. The highest BCUT2D eigenvalue weighted by atomic mass is 16.2. The van der Waals surface area contributed by atoms with Gasteiger partial charge in [0.05, 0.1) is 13.1 Å². The van der Waals surface area contributed by atoms with Gasteiger partial charge in [-0.1, -0.05) is 31.5 Å². The summed E-state index contributed by atoms with van der Waals surface area (Å²) in [6, 6.07) is 6.12. The lowest BCUT2D eigenvalue weighted by molar-refractivity contribution is -0.130. The third-order valence-electron chi connectivity index (χ3n) is 3.39. The van der Waals surface area contributed by atoms with E-state index in [1.807, 2.05) is 24.0 Å². The Bertz CT molecular complexity index is 524. The van der Waals surface area contributed by atoms with Crippen molar-refractivity contribution in [2.75, 3.05) is 24.5 Å². The topological polar surface area (TPSA) is 61.4 Å². The Morgan fingerprint density at radius 2 is 1.90 bits per heavy atom. The minimum atomic E-state index is -0.243. The van der Waals surface area contributed by atoms with E-state index in [1.165, 1.54) is 5.56 Å². The summed E-state index contributed by atoms with van der Waals surface area (Å²) < 4.78 is 0. The molecule has 0 spiro atoms. The SMILES string of the molecule is Cc1ccc(N2CC(=O)NC(=O)C2)c(CNCC(C)C)c1. The molecule has 114 valence electrons. The second-order valence-electron chi connectivity index (χ2n) is 5.98. The Hall–Kier alpha value is -1.88. The van der Waals surface area contributed by atoms with Crippen molar-refractivity contribution >= 4 is 17.5 Å². The summed E-state index contributed by atoms with van der Waals surface area (Å²) in [5.41, 5.74) is 3.26. The lowest BCUT2D eigenvalue weighted by Gasteiger charge is -2.29. The molecule has 1 aliphatic heterocycles. The highest BCUT2D eigenvalue weighted by molar-refractivity contribution is 6.02. The first kappa shape index (κ1) is 15.5. The quantitative estimate of drug-likeness (QED) is 0.800. The van der Waals surface area contributed by atoms with Gasteiger partial charge in [0.15, 0.2) is 0 Å². The maximum Gasteiger partial charge on any atom is 0.246 e. The van der Waals surface area contributed by atoms with Crippen molar-refractivity contribution in [1.82, 2.24) is 10.6 Å². The number of nitrogens with zero attached hydrogens (tertiary/aromatic N) is 1. The number of anilines is 1. The molecule has 0 aliphatic carbocycles. The van der Waals surface area contributed by atoms with Gasteiger partial charge in [-0.25, -0.2) is 0 Å². The minimum Gasteiger partial charge on any atom is -0.353 e. The molecule has 0 radical (unpaired) electrons. The molecule has 21 heavy (non-hydrogen) atoms. The molecule has 0 bridgehead atoms. The van der Waals surface area contributed by atoms with E-state index in [0.717, 1.165) is 24.3 Å². The van der Waals surface area contributed by atoms with Crippen molar-refractivity contribution in [3.8, 4) is 0 Å². The van der Waals surface area contributed by atoms with Crippen LogP contribution in [0.2, 0.25) is 0 Å². The zero-order valence-corrected chi connectivity index (χ0v) is 12.9. The standard InChI is InChI=1S/C16H23N3O2/c1-11(2)7-17-8-13-6-12(3)4-5-14(13)19-9-15(20)18-16(21)10-19/h4-6,11,17H,7-10H2,1-3H3,(H,18,20,21). The number of benzene rings is 1. The van der Waals surface area contributed by atoms with Crippen LogP contribution in [0.4, 0.5) is 5.69 Å². The molecule has 2 N–H and O–H groups in total. The Kier molecular flexibility index (Phi) is 4.96. The van der Waals surface area contributed by atoms with Crippen LogP contribution in [0.25, 0.3) is 0 Å². The Morgan fingerprint density at radius 1 is 1.24 bits per heavy atom. The monoisotopic (exact) mass is 289 g/mol. The summed E-state index contributed by atoms with van der Waals surface area (Å²) in [5, 5.41) is 5.75. The number of aryl methyl sites for hydroxylation is 1. The summed E-state index contributed by atoms with van der Waals surface area (Å²) in [6.07, 6.45) is 0. The molecule has 5 nitrogen and oxygen atoms in total. The lowest BCUT2D eigenvalue weighted by Crippen LogP contribution is -2.51. The molecule has 1 heterocycles. The van der Waals surface area contributed by atoms with Gasteiger partial charge < -0.3 is 10.2 Å². The smallest absolute Gasteiger partial charge is 0.246 e. The summed E-state index contributed by atoms with van der Waals surface area (Å²) in [6.45, 7) is 8.51. The van der Waals surface area contributed by atoms with Gasteiger partial charge in [0.25, 0.3) is 0 Å². The fourth-order valence-corrected chi connectivity index (χ4v) is 2.47. The van der Waals surface area contributed by atoms with Crippen molar-refractivity contribution in [1.29, 1.82) is 0 Å². The number of hydrogen-bond acceptors (Lipinski definition) is 4. The maximum absolute atomic E-state index is 11.5. The predicted molar refractivity (Wildman–Crippen MR) is 83.1 cm³/mol. The third-order valence-corrected chi connectivity index (χ3v) is 3.39. The highest BCUT2D eigenvalue weighted by Gasteiger charge is 2.24. The summed E-state index contributed by atoms with van der Waals surface area (Å²) in [5.74, 6) is 0.0985. The first-order valence-corrected chi connectivity index (χ1v) is 7.33. The lowest BCUT2D eigenvalue weighted by atomic mass is 10.1. The summed E-state index contributed by atoms with van der Waals surface area (Å²) in [7, 11) is 0. The van der Waals surface area contributed by atoms with E-state index in [0.29, 0.717) is 5.92 Å². The molecule has 0 unspecified atom stereocenters. The van der Waals surface area contributed by atoms with E-state index in [1.54, 1.807) is 0 Å². The average Bonchev–Trinajstić information content (AvgIpc) is 2.37. The van der Waals surface area contributed by atoms with Crippen molar-refractivity contribution in [2.45, 2.75) is 27.3 Å². The van der Waals surface area contributed by atoms with Gasteiger partial charge in [-0.05, 0) is 31.0 Å². The molecule has 2 amide bonds. The Morgan fingerprint density at radius 3 is 2.52 bits per heavy atom. The Balaban J connectivity index is 2.17. The predicted octanol–water partition coefficient (Wildman–Crippen LogP) is 1.20. The van der Waals surface area contributed by atoms with Crippen LogP contribution in [0, 0.1) is 12.8 Å². The molecular weight excluding hydrogens is 266 g/mol.